The van der Waals surface area contributed by atoms with Gasteiger partial charge in [-0.2, -0.15) is 18.3 Å². The normalized spacial score (nSPS) is 21.1. The van der Waals surface area contributed by atoms with Crippen LogP contribution in [0.1, 0.15) is 43.1 Å². The fourth-order valence-electron chi connectivity index (χ4n) is 5.43. The molecule has 10 heteroatoms. The minimum absolute atomic E-state index is 0.257. The molecule has 0 aliphatic carbocycles. The Morgan fingerprint density at radius 3 is 2.63 bits per heavy atom. The minimum atomic E-state index is -4.34. The number of alkyl halides is 4. The van der Waals surface area contributed by atoms with Crippen molar-refractivity contribution < 1.29 is 17.6 Å². The number of nitrogens with zero attached hydrogens (tertiary/aromatic N) is 4. The summed E-state index contributed by atoms with van der Waals surface area (Å²) < 4.78 is 53.5. The number of fused-ring (bicyclic) bond motifs is 3. The SMILES string of the molecule is CC1(C)Cc2c(ccc3[nH]ncc23)C(c2ccc(NC3CN(CCCF)C3)cn2)N1CC(F)(F)F. The summed E-state index contributed by atoms with van der Waals surface area (Å²) in [5.41, 5.74) is 3.37. The van der Waals surface area contributed by atoms with Crippen LogP contribution in [0.5, 0.6) is 0 Å². The Labute approximate surface area is 201 Å². The molecule has 0 amide bonds. The number of aromatic amines is 1. The Morgan fingerprint density at radius 2 is 1.94 bits per heavy atom. The number of hydrogen-bond acceptors (Lipinski definition) is 5. The van der Waals surface area contributed by atoms with Crippen LogP contribution in [0.2, 0.25) is 0 Å². The molecule has 3 aromatic rings. The van der Waals surface area contributed by atoms with Crippen LogP contribution in [-0.4, -0.2) is 75.6 Å². The molecule has 35 heavy (non-hydrogen) atoms. The maximum absolute atomic E-state index is 13.7. The van der Waals surface area contributed by atoms with Crippen molar-refractivity contribution in [3.05, 3.63) is 53.5 Å². The van der Waals surface area contributed by atoms with Gasteiger partial charge in [-0.3, -0.25) is 24.3 Å². The van der Waals surface area contributed by atoms with Gasteiger partial charge in [-0.05, 0) is 56.0 Å². The van der Waals surface area contributed by atoms with Gasteiger partial charge < -0.3 is 5.32 Å². The molecule has 1 atom stereocenters. The van der Waals surface area contributed by atoms with Gasteiger partial charge in [0.2, 0.25) is 0 Å². The average Bonchev–Trinajstić information content (AvgIpc) is 3.25. The molecule has 188 valence electrons. The Hall–Kier alpha value is -2.72. The number of halogens is 4. The molecular formula is C25H30F4N6. The summed E-state index contributed by atoms with van der Waals surface area (Å²) in [4.78, 5) is 8.34. The van der Waals surface area contributed by atoms with E-state index in [1.165, 1.54) is 4.90 Å². The first-order valence-electron chi connectivity index (χ1n) is 11.9. The van der Waals surface area contributed by atoms with Crippen molar-refractivity contribution in [1.29, 1.82) is 0 Å². The quantitative estimate of drug-likeness (QED) is 0.470. The predicted molar refractivity (Wildman–Crippen MR) is 127 cm³/mol. The van der Waals surface area contributed by atoms with Crippen LogP contribution < -0.4 is 5.32 Å². The third-order valence-electron chi connectivity index (χ3n) is 7.12. The molecule has 0 bridgehead atoms. The van der Waals surface area contributed by atoms with Gasteiger partial charge in [-0.25, -0.2) is 0 Å². The molecule has 5 rings (SSSR count). The maximum atomic E-state index is 13.7. The molecule has 2 aliphatic rings. The third kappa shape index (κ3) is 4.86. The monoisotopic (exact) mass is 490 g/mol. The molecule has 1 aromatic carbocycles. The number of pyridine rings is 1. The zero-order chi connectivity index (χ0) is 24.8. The summed E-state index contributed by atoms with van der Waals surface area (Å²) >= 11 is 0. The molecule has 6 nitrogen and oxygen atoms in total. The van der Waals surface area contributed by atoms with Crippen molar-refractivity contribution >= 4 is 16.6 Å². The highest BCUT2D eigenvalue weighted by Crippen LogP contribution is 2.45. The first-order valence-corrected chi connectivity index (χ1v) is 11.9. The second-order valence-electron chi connectivity index (χ2n) is 10.2. The van der Waals surface area contributed by atoms with Crippen LogP contribution in [0.3, 0.4) is 0 Å². The molecule has 0 spiro atoms. The van der Waals surface area contributed by atoms with E-state index in [1.54, 1.807) is 12.4 Å². The Kier molecular flexibility index (Phi) is 6.21. The van der Waals surface area contributed by atoms with Crippen LogP contribution in [0.4, 0.5) is 23.2 Å². The minimum Gasteiger partial charge on any atom is -0.378 e. The van der Waals surface area contributed by atoms with E-state index in [4.69, 9.17) is 0 Å². The largest absolute Gasteiger partial charge is 0.401 e. The van der Waals surface area contributed by atoms with Crippen molar-refractivity contribution in [2.24, 2.45) is 0 Å². The summed E-state index contributed by atoms with van der Waals surface area (Å²) in [6, 6.07) is 7.10. The Balaban J connectivity index is 1.44. The van der Waals surface area contributed by atoms with Crippen molar-refractivity contribution in [2.45, 2.75) is 50.5 Å². The van der Waals surface area contributed by atoms with Crippen molar-refractivity contribution in [2.75, 3.05) is 38.2 Å². The highest BCUT2D eigenvalue weighted by atomic mass is 19.4. The van der Waals surface area contributed by atoms with E-state index in [-0.39, 0.29) is 12.7 Å². The van der Waals surface area contributed by atoms with Gasteiger partial charge in [0.25, 0.3) is 0 Å². The fraction of sp³-hybridized carbons (Fsp3) is 0.520. The highest BCUT2D eigenvalue weighted by molar-refractivity contribution is 5.83. The lowest BCUT2D eigenvalue weighted by Gasteiger charge is -2.48. The summed E-state index contributed by atoms with van der Waals surface area (Å²) in [7, 11) is 0. The summed E-state index contributed by atoms with van der Waals surface area (Å²) in [5.74, 6) is 0. The molecule has 0 saturated carbocycles. The van der Waals surface area contributed by atoms with E-state index in [0.717, 1.165) is 47.4 Å². The molecule has 4 heterocycles. The van der Waals surface area contributed by atoms with Crippen molar-refractivity contribution in [1.82, 2.24) is 25.0 Å². The number of rotatable bonds is 7. The van der Waals surface area contributed by atoms with Crippen LogP contribution in [0.25, 0.3) is 10.9 Å². The Morgan fingerprint density at radius 1 is 1.14 bits per heavy atom. The van der Waals surface area contributed by atoms with E-state index in [0.29, 0.717) is 18.5 Å². The second-order valence-corrected chi connectivity index (χ2v) is 10.2. The van der Waals surface area contributed by atoms with Gasteiger partial charge >= 0.3 is 6.18 Å². The smallest absolute Gasteiger partial charge is 0.378 e. The van der Waals surface area contributed by atoms with Crippen LogP contribution in [0.15, 0.2) is 36.7 Å². The molecule has 2 aromatic heterocycles. The van der Waals surface area contributed by atoms with Gasteiger partial charge in [-0.15, -0.1) is 0 Å². The summed E-state index contributed by atoms with van der Waals surface area (Å²) in [6.07, 6.45) is 0.125. The highest BCUT2D eigenvalue weighted by Gasteiger charge is 2.46. The zero-order valence-electron chi connectivity index (χ0n) is 19.9. The zero-order valence-corrected chi connectivity index (χ0v) is 19.9. The lowest BCUT2D eigenvalue weighted by molar-refractivity contribution is -0.164. The molecule has 1 unspecified atom stereocenters. The Bertz CT molecular complexity index is 1170. The van der Waals surface area contributed by atoms with Gasteiger partial charge in [0.1, 0.15) is 0 Å². The number of hydrogen-bond donors (Lipinski definition) is 2. The summed E-state index contributed by atoms with van der Waals surface area (Å²) in [6.45, 7) is 4.81. The second kappa shape index (κ2) is 9.05. The van der Waals surface area contributed by atoms with E-state index in [9.17, 15) is 17.6 Å². The van der Waals surface area contributed by atoms with Crippen LogP contribution in [0, 0.1) is 0 Å². The van der Waals surface area contributed by atoms with E-state index >= 15 is 0 Å². The molecule has 0 radical (unpaired) electrons. The lowest BCUT2D eigenvalue weighted by Crippen LogP contribution is -2.55. The van der Waals surface area contributed by atoms with Crippen LogP contribution in [-0.2, 0) is 6.42 Å². The molecule has 2 aliphatic heterocycles. The average molecular weight is 491 g/mol. The number of likely N-dealkylation sites (tertiary alicyclic amines) is 1. The molecule has 1 saturated heterocycles. The number of benzene rings is 1. The number of aromatic nitrogens is 3. The van der Waals surface area contributed by atoms with E-state index in [2.05, 4.69) is 25.4 Å². The maximum Gasteiger partial charge on any atom is 0.401 e. The van der Waals surface area contributed by atoms with E-state index in [1.807, 2.05) is 38.1 Å². The van der Waals surface area contributed by atoms with Crippen LogP contribution >= 0.6 is 0 Å². The van der Waals surface area contributed by atoms with Crippen molar-refractivity contribution in [3.8, 4) is 0 Å². The molecular weight excluding hydrogens is 460 g/mol. The van der Waals surface area contributed by atoms with Gasteiger partial charge in [0, 0.05) is 30.6 Å². The van der Waals surface area contributed by atoms with Gasteiger partial charge in [0.15, 0.2) is 0 Å². The predicted octanol–water partition coefficient (Wildman–Crippen LogP) is 4.70. The summed E-state index contributed by atoms with van der Waals surface area (Å²) in [5, 5.41) is 11.5. The van der Waals surface area contributed by atoms with E-state index < -0.39 is 24.3 Å². The molecule has 2 N–H and O–H groups in total. The first kappa shape index (κ1) is 24.0. The first-order chi connectivity index (χ1) is 16.6. The standard InChI is InChI=1S/C25H30F4N6/c1-24(2)10-19-18(5-7-21-20(19)12-31-33-21)23(35(24)15-25(27,28)29)22-6-4-16(11-30-22)32-17-13-34(14-17)9-3-8-26/h4-7,11-12,17,23,32H,3,8-10,13-15H2,1-2H3,(H,31,33). The van der Waals surface area contributed by atoms with Crippen molar-refractivity contribution in [3.63, 3.8) is 0 Å². The number of nitrogens with one attached hydrogen (secondary N) is 2. The van der Waals surface area contributed by atoms with Gasteiger partial charge in [-0.1, -0.05) is 6.07 Å². The molecule has 1 fully saturated rings. The number of H-pyrrole nitrogens is 1. The third-order valence-corrected chi connectivity index (χ3v) is 7.12. The lowest BCUT2D eigenvalue weighted by atomic mass is 9.79. The number of anilines is 1. The van der Waals surface area contributed by atoms with Gasteiger partial charge in [0.05, 0.1) is 54.6 Å². The fourth-order valence-corrected chi connectivity index (χ4v) is 5.43. The topological polar surface area (TPSA) is 60.1 Å².